The van der Waals surface area contributed by atoms with Gasteiger partial charge >= 0.3 is 0 Å². The molecule has 0 amide bonds. The van der Waals surface area contributed by atoms with Crippen LogP contribution in [0.5, 0.6) is 0 Å². The molecule has 0 spiro atoms. The smallest absolute Gasteiger partial charge is 0.217 e. The number of halogens is 6. The van der Waals surface area contributed by atoms with Crippen molar-refractivity contribution in [3.63, 3.8) is 0 Å². The molecule has 20 heteroatoms. The Balaban J connectivity index is 0.000000225. The van der Waals surface area contributed by atoms with E-state index in [2.05, 4.69) is 107 Å². The number of guanidine groups is 1. The van der Waals surface area contributed by atoms with Crippen LogP contribution in [0.2, 0.25) is 20.6 Å². The van der Waals surface area contributed by atoms with Gasteiger partial charge in [0.05, 0.1) is 23.6 Å². The van der Waals surface area contributed by atoms with Crippen LogP contribution in [-0.2, 0) is 33.5 Å². The average molecular weight is 1100 g/mol. The van der Waals surface area contributed by atoms with E-state index < -0.39 is 0 Å². The summed E-state index contributed by atoms with van der Waals surface area (Å²) in [5.74, 6) is 1.23. The first kappa shape index (κ1) is 52.5. The second kappa shape index (κ2) is 24.6. The molecule has 0 atom stereocenters. The van der Waals surface area contributed by atoms with Crippen LogP contribution in [0, 0.1) is 36.8 Å². The first-order valence-electron chi connectivity index (χ1n) is 21.3. The summed E-state index contributed by atoms with van der Waals surface area (Å²) in [6.07, 6.45) is 7.71. The molecule has 1 saturated heterocycles. The van der Waals surface area contributed by atoms with Crippen LogP contribution in [0.15, 0.2) is 46.4 Å². The van der Waals surface area contributed by atoms with Gasteiger partial charge in [0.25, 0.3) is 0 Å². The van der Waals surface area contributed by atoms with Crippen LogP contribution >= 0.6 is 78.3 Å². The van der Waals surface area contributed by atoms with Crippen molar-refractivity contribution < 1.29 is 0 Å². The van der Waals surface area contributed by atoms with E-state index in [1.54, 1.807) is 24.3 Å². The lowest BCUT2D eigenvalue weighted by Gasteiger charge is -2.38. The van der Waals surface area contributed by atoms with Gasteiger partial charge in [-0.2, -0.15) is 25.7 Å². The highest BCUT2D eigenvalue weighted by molar-refractivity contribution is 9.09. The Morgan fingerprint density at radius 1 is 0.727 bits per heavy atom. The molecule has 348 valence electrons. The van der Waals surface area contributed by atoms with E-state index >= 15 is 0 Å². The van der Waals surface area contributed by atoms with Crippen LogP contribution < -0.4 is 4.90 Å². The van der Waals surface area contributed by atoms with Gasteiger partial charge in [-0.1, -0.05) is 106 Å². The standard InChI is InChI=1S/C22H24Cl2N8.C21H22Cl2N6.C3H6Br2/c1-13(2)17-8-15(27-21-20(17)14(3)29-30(21)4)11-31-6-5-7-32(22(31)26-12-25)16-9-18(23)28-19(24)10-16;1-12(2)17-10-16(26-21-20(17)13(3)28-29(21)4)6-5-15(25-11-24)7-14-8-18(22)27-19(23)9-14;4-2-1-3-5/h8-10,13H,5-7,11H2,1-4H3;8-10,12H,5-7H2,1-4H3;1-3H2. The maximum Gasteiger partial charge on any atom is 0.217 e. The Morgan fingerprint density at radius 2 is 1.24 bits per heavy atom. The third-order valence-corrected chi connectivity index (χ3v) is 12.5. The van der Waals surface area contributed by atoms with Gasteiger partial charge in [0, 0.05) is 72.1 Å². The van der Waals surface area contributed by atoms with Crippen molar-refractivity contribution in [2.75, 3.05) is 28.6 Å². The highest BCUT2D eigenvalue weighted by Crippen LogP contribution is 2.31. The Bertz CT molecular complexity index is 2760. The molecule has 14 nitrogen and oxygen atoms in total. The third kappa shape index (κ3) is 13.6. The van der Waals surface area contributed by atoms with E-state index in [0.717, 1.165) is 85.4 Å². The largest absolute Gasteiger partial charge is 0.336 e. The van der Waals surface area contributed by atoms with Crippen LogP contribution in [0.4, 0.5) is 5.69 Å². The Labute approximate surface area is 423 Å². The maximum absolute atomic E-state index is 9.39. The summed E-state index contributed by atoms with van der Waals surface area (Å²) in [7, 11) is 3.83. The molecule has 6 aromatic rings. The van der Waals surface area contributed by atoms with Gasteiger partial charge in [0.1, 0.15) is 20.6 Å². The number of anilines is 1. The molecule has 0 unspecified atom stereocenters. The van der Waals surface area contributed by atoms with Gasteiger partial charge in [-0.3, -0.25) is 9.36 Å². The lowest BCUT2D eigenvalue weighted by molar-refractivity contribution is 0.371. The summed E-state index contributed by atoms with van der Waals surface area (Å²) >= 11 is 30.8. The highest BCUT2D eigenvalue weighted by atomic mass is 79.9. The fourth-order valence-electron chi connectivity index (χ4n) is 7.78. The van der Waals surface area contributed by atoms with Crippen molar-refractivity contribution >= 4 is 118 Å². The molecule has 66 heavy (non-hydrogen) atoms. The topological polar surface area (TPSA) is 166 Å². The summed E-state index contributed by atoms with van der Waals surface area (Å²) in [5.41, 5.74) is 10.4. The monoisotopic (exact) mass is 1100 g/mol. The van der Waals surface area contributed by atoms with Gasteiger partial charge in [-0.25, -0.2) is 19.9 Å². The zero-order valence-electron chi connectivity index (χ0n) is 38.2. The van der Waals surface area contributed by atoms with Crippen LogP contribution in [0.25, 0.3) is 22.1 Å². The van der Waals surface area contributed by atoms with E-state index in [1.165, 1.54) is 17.5 Å². The van der Waals surface area contributed by atoms with Crippen molar-refractivity contribution in [2.45, 2.75) is 92.0 Å². The molecule has 1 aliphatic heterocycles. The number of rotatable bonds is 12. The highest BCUT2D eigenvalue weighted by Gasteiger charge is 2.27. The zero-order valence-corrected chi connectivity index (χ0v) is 44.4. The molecule has 6 aromatic heterocycles. The lowest BCUT2D eigenvalue weighted by Crippen LogP contribution is -2.50. The molecular formula is C46H52Br2Cl4N14. The molecular weight excluding hydrogens is 1050 g/mol. The summed E-state index contributed by atoms with van der Waals surface area (Å²) in [6, 6.07) is 11.2. The van der Waals surface area contributed by atoms with Gasteiger partial charge in [-0.05, 0) is 104 Å². The predicted molar refractivity (Wildman–Crippen MR) is 276 cm³/mol. The normalized spacial score (nSPS) is 13.5. The van der Waals surface area contributed by atoms with E-state index in [9.17, 15) is 5.26 Å². The SMILES string of the molecule is BrCCCBr.Cc1nn(C)c2nc(CCC(Cc3cc(Cl)nc(Cl)c3)=NC#N)cc(C(C)C)c12.Cc1nn(C)c2nc(CN3CCCN(c4cc(Cl)nc(Cl)c4)C3=NC#N)cc(C(C)C)c12. The van der Waals surface area contributed by atoms with E-state index in [4.69, 9.17) is 61.6 Å². The van der Waals surface area contributed by atoms with Crippen LogP contribution in [-0.4, -0.2) is 79.8 Å². The number of nitriles is 2. The summed E-state index contributed by atoms with van der Waals surface area (Å²) in [6.45, 7) is 14.7. The first-order valence-corrected chi connectivity index (χ1v) is 25.1. The number of alkyl halides is 2. The van der Waals surface area contributed by atoms with E-state index in [0.29, 0.717) is 70.8 Å². The number of hydrogen-bond acceptors (Lipinski definition) is 10. The Hall–Kier alpha value is -4.42. The quantitative estimate of drug-likeness (QED) is 0.0498. The van der Waals surface area contributed by atoms with Crippen molar-refractivity contribution in [1.82, 2.24) is 44.4 Å². The second-order valence-electron chi connectivity index (χ2n) is 16.2. The summed E-state index contributed by atoms with van der Waals surface area (Å²) < 4.78 is 3.65. The third-order valence-electron chi connectivity index (χ3n) is 10.6. The summed E-state index contributed by atoms with van der Waals surface area (Å²) in [5, 5.41) is 33.3. The molecule has 0 aliphatic carbocycles. The number of aromatic nitrogens is 8. The lowest BCUT2D eigenvalue weighted by atomic mass is 9.97. The minimum absolute atomic E-state index is 0.293. The molecule has 0 N–H and O–H groups in total. The number of hydrogen-bond donors (Lipinski definition) is 0. The number of aryl methyl sites for hydroxylation is 5. The number of nitrogens with zero attached hydrogens (tertiary/aromatic N) is 14. The fraction of sp³-hybridized carbons (Fsp3) is 0.435. The zero-order chi connectivity index (χ0) is 48.2. The van der Waals surface area contributed by atoms with Gasteiger partial charge < -0.3 is 9.80 Å². The first-order chi connectivity index (χ1) is 31.5. The van der Waals surface area contributed by atoms with Gasteiger partial charge in [-0.15, -0.1) is 4.99 Å². The van der Waals surface area contributed by atoms with Crippen molar-refractivity contribution in [3.05, 3.63) is 96.5 Å². The van der Waals surface area contributed by atoms with Crippen molar-refractivity contribution in [2.24, 2.45) is 24.1 Å². The molecule has 0 radical (unpaired) electrons. The van der Waals surface area contributed by atoms with Gasteiger partial charge in [0.15, 0.2) is 11.3 Å². The van der Waals surface area contributed by atoms with Crippen molar-refractivity contribution in [1.29, 1.82) is 10.5 Å². The molecule has 1 fully saturated rings. The van der Waals surface area contributed by atoms with Crippen LogP contribution in [0.1, 0.15) is 98.3 Å². The average Bonchev–Trinajstić information content (AvgIpc) is 3.71. The molecule has 7 heterocycles. The predicted octanol–water partition coefficient (Wildman–Crippen LogP) is 12.0. The maximum atomic E-state index is 9.39. The molecule has 7 rings (SSSR count). The molecule has 0 saturated carbocycles. The molecule has 0 bridgehead atoms. The summed E-state index contributed by atoms with van der Waals surface area (Å²) in [4.78, 5) is 29.9. The van der Waals surface area contributed by atoms with E-state index in [-0.39, 0.29) is 0 Å². The van der Waals surface area contributed by atoms with Gasteiger partial charge in [0.2, 0.25) is 18.3 Å². The minimum atomic E-state index is 0.293. The fourth-order valence-corrected chi connectivity index (χ4v) is 10.0. The Morgan fingerprint density at radius 3 is 1.73 bits per heavy atom. The molecule has 0 aromatic carbocycles. The van der Waals surface area contributed by atoms with Crippen LogP contribution in [0.3, 0.4) is 0 Å². The number of aliphatic imine (C=N–C) groups is 2. The number of fused-ring (bicyclic) bond motifs is 2. The van der Waals surface area contributed by atoms with E-state index in [1.807, 2.05) is 54.6 Å². The second-order valence-corrected chi connectivity index (χ2v) is 19.4. The van der Waals surface area contributed by atoms with Crippen molar-refractivity contribution in [3.8, 4) is 12.4 Å². The number of pyridine rings is 4. The molecule has 1 aliphatic rings. The minimum Gasteiger partial charge on any atom is -0.336 e. The Kier molecular flexibility index (Phi) is 19.6.